The molecule has 0 atom stereocenters. The summed E-state index contributed by atoms with van der Waals surface area (Å²) in [7, 11) is 0. The molecule has 8 heteroatoms. The number of aryl methyl sites for hydroxylation is 2. The van der Waals surface area contributed by atoms with Gasteiger partial charge in [-0.05, 0) is 32.0 Å². The molecule has 0 fully saturated rings. The van der Waals surface area contributed by atoms with Crippen LogP contribution in [0.4, 0.5) is 5.82 Å². The third-order valence-corrected chi connectivity index (χ3v) is 3.60. The molecule has 0 aliphatic heterocycles. The van der Waals surface area contributed by atoms with Gasteiger partial charge in [0.1, 0.15) is 17.8 Å². The lowest BCUT2D eigenvalue weighted by Crippen LogP contribution is -2.12. The van der Waals surface area contributed by atoms with Gasteiger partial charge < -0.3 is 9.73 Å². The van der Waals surface area contributed by atoms with Gasteiger partial charge in [0.25, 0.3) is 5.91 Å². The summed E-state index contributed by atoms with van der Waals surface area (Å²) in [5, 5.41) is 7.21. The average molecular weight is 322 g/mol. The Balaban J connectivity index is 1.63. The fourth-order valence-corrected chi connectivity index (χ4v) is 2.50. The zero-order chi connectivity index (χ0) is 16.7. The SMILES string of the molecule is Cc1cc(C(=O)Nc2cn3nc(-n4ccnc4)ccc3n2)c(C)o1. The summed E-state index contributed by atoms with van der Waals surface area (Å²) in [4.78, 5) is 20.7. The maximum atomic E-state index is 12.3. The highest BCUT2D eigenvalue weighted by Gasteiger charge is 2.15. The lowest BCUT2D eigenvalue weighted by Gasteiger charge is -2.00. The number of nitrogens with zero attached hydrogens (tertiary/aromatic N) is 5. The van der Waals surface area contributed by atoms with E-state index in [1.165, 1.54) is 0 Å². The molecule has 4 heterocycles. The molecule has 8 nitrogen and oxygen atoms in total. The van der Waals surface area contributed by atoms with E-state index in [4.69, 9.17) is 4.42 Å². The number of rotatable bonds is 3. The molecule has 1 amide bonds. The Hall–Kier alpha value is -3.42. The quantitative estimate of drug-likeness (QED) is 0.625. The van der Waals surface area contributed by atoms with Gasteiger partial charge in [-0.1, -0.05) is 0 Å². The van der Waals surface area contributed by atoms with Crippen LogP contribution in [-0.2, 0) is 0 Å². The van der Waals surface area contributed by atoms with Crippen LogP contribution in [0.25, 0.3) is 11.5 Å². The third kappa shape index (κ3) is 2.43. The monoisotopic (exact) mass is 322 g/mol. The number of furan rings is 1. The summed E-state index contributed by atoms with van der Waals surface area (Å²) in [5.41, 5.74) is 1.13. The van der Waals surface area contributed by atoms with Crippen molar-refractivity contribution in [3.05, 3.63) is 60.2 Å². The largest absolute Gasteiger partial charge is 0.466 e. The van der Waals surface area contributed by atoms with Crippen molar-refractivity contribution in [1.29, 1.82) is 0 Å². The molecule has 0 aliphatic carbocycles. The zero-order valence-electron chi connectivity index (χ0n) is 13.1. The molecule has 24 heavy (non-hydrogen) atoms. The highest BCUT2D eigenvalue weighted by atomic mass is 16.3. The van der Waals surface area contributed by atoms with E-state index in [-0.39, 0.29) is 5.91 Å². The average Bonchev–Trinajstić information content (AvgIpc) is 3.25. The standard InChI is InChI=1S/C16H14N6O2/c1-10-7-12(11(2)24-10)16(23)19-13-8-22-14(18-13)3-4-15(20-22)21-6-5-17-9-21/h3-9H,1-2H3,(H,19,23). The summed E-state index contributed by atoms with van der Waals surface area (Å²) in [6, 6.07) is 5.36. The Morgan fingerprint density at radius 3 is 2.88 bits per heavy atom. The number of fused-ring (bicyclic) bond motifs is 1. The van der Waals surface area contributed by atoms with Gasteiger partial charge in [0.05, 0.1) is 11.8 Å². The summed E-state index contributed by atoms with van der Waals surface area (Å²) in [6.07, 6.45) is 6.81. The molecule has 4 aromatic heterocycles. The number of imidazole rings is 2. The van der Waals surface area contributed by atoms with Gasteiger partial charge in [-0.3, -0.25) is 9.36 Å². The number of carbonyl (C=O) groups is 1. The first-order valence-corrected chi connectivity index (χ1v) is 7.33. The van der Waals surface area contributed by atoms with E-state index in [0.29, 0.717) is 34.4 Å². The van der Waals surface area contributed by atoms with Crippen LogP contribution in [0, 0.1) is 13.8 Å². The second-order valence-electron chi connectivity index (χ2n) is 5.37. The molecule has 0 aromatic carbocycles. The molecule has 0 spiro atoms. The van der Waals surface area contributed by atoms with E-state index < -0.39 is 0 Å². The van der Waals surface area contributed by atoms with Crippen molar-refractivity contribution in [1.82, 2.24) is 24.1 Å². The molecule has 0 saturated heterocycles. The molecule has 0 aliphatic rings. The van der Waals surface area contributed by atoms with Crippen molar-refractivity contribution in [3.63, 3.8) is 0 Å². The summed E-state index contributed by atoms with van der Waals surface area (Å²) < 4.78 is 8.78. The number of hydrogen-bond acceptors (Lipinski definition) is 5. The smallest absolute Gasteiger partial charge is 0.260 e. The van der Waals surface area contributed by atoms with Crippen LogP contribution < -0.4 is 5.32 Å². The summed E-state index contributed by atoms with van der Waals surface area (Å²) >= 11 is 0. The summed E-state index contributed by atoms with van der Waals surface area (Å²) in [6.45, 7) is 3.56. The van der Waals surface area contributed by atoms with Crippen LogP contribution >= 0.6 is 0 Å². The van der Waals surface area contributed by atoms with E-state index in [9.17, 15) is 4.79 Å². The predicted octanol–water partition coefficient (Wildman–Crippen LogP) is 2.38. The molecular weight excluding hydrogens is 308 g/mol. The van der Waals surface area contributed by atoms with Gasteiger partial charge in [0.2, 0.25) is 0 Å². The van der Waals surface area contributed by atoms with Gasteiger partial charge in [0.15, 0.2) is 17.3 Å². The van der Waals surface area contributed by atoms with Gasteiger partial charge in [-0.25, -0.2) is 14.5 Å². The molecule has 120 valence electrons. The van der Waals surface area contributed by atoms with Crippen LogP contribution in [0.15, 0.2) is 47.5 Å². The van der Waals surface area contributed by atoms with Crippen molar-refractivity contribution in [3.8, 4) is 5.82 Å². The predicted molar refractivity (Wildman–Crippen MR) is 86.2 cm³/mol. The van der Waals surface area contributed by atoms with Gasteiger partial charge in [0, 0.05) is 12.4 Å². The second-order valence-corrected chi connectivity index (χ2v) is 5.37. The second kappa shape index (κ2) is 5.34. The van der Waals surface area contributed by atoms with Crippen molar-refractivity contribution < 1.29 is 9.21 Å². The first-order valence-electron chi connectivity index (χ1n) is 7.33. The van der Waals surface area contributed by atoms with Crippen LogP contribution in [0.2, 0.25) is 0 Å². The molecule has 0 radical (unpaired) electrons. The van der Waals surface area contributed by atoms with Gasteiger partial charge >= 0.3 is 0 Å². The minimum atomic E-state index is -0.261. The van der Waals surface area contributed by atoms with Crippen LogP contribution in [0.3, 0.4) is 0 Å². The molecule has 1 N–H and O–H groups in total. The van der Waals surface area contributed by atoms with Crippen LogP contribution in [0.1, 0.15) is 21.9 Å². The van der Waals surface area contributed by atoms with E-state index in [1.807, 2.05) is 12.1 Å². The highest BCUT2D eigenvalue weighted by Crippen LogP contribution is 2.16. The minimum Gasteiger partial charge on any atom is -0.466 e. The maximum Gasteiger partial charge on any atom is 0.260 e. The van der Waals surface area contributed by atoms with E-state index in [2.05, 4.69) is 20.4 Å². The highest BCUT2D eigenvalue weighted by molar-refractivity contribution is 6.04. The molecule has 0 saturated carbocycles. The van der Waals surface area contributed by atoms with Crippen molar-refractivity contribution in [2.45, 2.75) is 13.8 Å². The fraction of sp³-hybridized carbons (Fsp3) is 0.125. The lowest BCUT2D eigenvalue weighted by atomic mass is 10.2. The van der Waals surface area contributed by atoms with E-state index >= 15 is 0 Å². The number of aromatic nitrogens is 5. The van der Waals surface area contributed by atoms with Crippen LogP contribution in [0.5, 0.6) is 0 Å². The maximum absolute atomic E-state index is 12.3. The van der Waals surface area contributed by atoms with Gasteiger partial charge in [-0.2, -0.15) is 0 Å². The van der Waals surface area contributed by atoms with Crippen molar-refractivity contribution in [2.75, 3.05) is 5.32 Å². The number of nitrogens with one attached hydrogen (secondary N) is 1. The number of carbonyl (C=O) groups excluding carboxylic acids is 1. The zero-order valence-corrected chi connectivity index (χ0v) is 13.1. The lowest BCUT2D eigenvalue weighted by molar-refractivity contribution is 0.102. The third-order valence-electron chi connectivity index (χ3n) is 3.60. The molecule has 4 rings (SSSR count). The minimum absolute atomic E-state index is 0.261. The molecule has 4 aromatic rings. The number of hydrogen-bond donors (Lipinski definition) is 1. The van der Waals surface area contributed by atoms with E-state index in [0.717, 1.165) is 0 Å². The number of anilines is 1. The summed E-state index contributed by atoms with van der Waals surface area (Å²) in [5.74, 6) is 2.14. The normalized spacial score (nSPS) is 11.1. The molecule has 0 bridgehead atoms. The topological polar surface area (TPSA) is 90.2 Å². The molecular formula is C16H14N6O2. The first kappa shape index (κ1) is 14.2. The van der Waals surface area contributed by atoms with Crippen molar-refractivity contribution in [2.24, 2.45) is 0 Å². The Kier molecular flexibility index (Phi) is 3.16. The van der Waals surface area contributed by atoms with Crippen LogP contribution in [-0.4, -0.2) is 30.1 Å². The first-order chi connectivity index (χ1) is 11.6. The Bertz CT molecular complexity index is 1030. The Morgan fingerprint density at radius 2 is 2.17 bits per heavy atom. The van der Waals surface area contributed by atoms with E-state index in [1.54, 1.807) is 53.9 Å². The fourth-order valence-electron chi connectivity index (χ4n) is 2.50. The number of amides is 1. The Labute approximate surface area is 136 Å². The van der Waals surface area contributed by atoms with Crippen molar-refractivity contribution >= 4 is 17.4 Å². The molecule has 0 unspecified atom stereocenters. The van der Waals surface area contributed by atoms with Gasteiger partial charge in [-0.15, -0.1) is 5.10 Å². The Morgan fingerprint density at radius 1 is 1.29 bits per heavy atom.